The summed E-state index contributed by atoms with van der Waals surface area (Å²) < 4.78 is 7.12. The van der Waals surface area contributed by atoms with Crippen molar-refractivity contribution in [3.63, 3.8) is 0 Å². The van der Waals surface area contributed by atoms with Crippen LogP contribution < -0.4 is 10.1 Å². The largest absolute Gasteiger partial charge is 0.477 e. The van der Waals surface area contributed by atoms with Gasteiger partial charge in [-0.3, -0.25) is 14.9 Å². The number of fused-ring (bicyclic) bond motifs is 1. The summed E-state index contributed by atoms with van der Waals surface area (Å²) in [4.78, 5) is 23.0. The minimum Gasteiger partial charge on any atom is -0.477 e. The van der Waals surface area contributed by atoms with Gasteiger partial charge < -0.3 is 10.1 Å². The van der Waals surface area contributed by atoms with E-state index in [0.29, 0.717) is 5.82 Å². The van der Waals surface area contributed by atoms with Gasteiger partial charge in [0.15, 0.2) is 12.4 Å². The predicted molar refractivity (Wildman–Crippen MR) is 103 cm³/mol. The molecule has 4 rings (SSSR count). The summed E-state index contributed by atoms with van der Waals surface area (Å²) in [5, 5.41) is 18.6. The Hall–Kier alpha value is -3.68. The summed E-state index contributed by atoms with van der Waals surface area (Å²) in [5.41, 5.74) is 2.69. The number of aryl methyl sites for hydroxylation is 1. The molecular weight excluding hydrogens is 360 g/mol. The van der Waals surface area contributed by atoms with E-state index < -0.39 is 10.8 Å². The number of nitrogens with one attached hydrogen (secondary N) is 1. The molecule has 1 heterocycles. The lowest BCUT2D eigenvalue weighted by Crippen LogP contribution is -2.22. The average molecular weight is 378 g/mol. The fraction of sp³-hybridized carbons (Fsp3) is 0.200. The molecule has 28 heavy (non-hydrogen) atoms. The highest BCUT2D eigenvalue weighted by Crippen LogP contribution is 2.31. The zero-order valence-electron chi connectivity index (χ0n) is 15.0. The fourth-order valence-electron chi connectivity index (χ4n) is 3.32. The molecule has 0 atom stereocenters. The number of aromatic nitrogens is 2. The van der Waals surface area contributed by atoms with E-state index in [2.05, 4.69) is 10.4 Å². The number of nitro groups is 1. The van der Waals surface area contributed by atoms with Crippen LogP contribution in [0.3, 0.4) is 0 Å². The molecule has 1 aliphatic rings. The molecule has 142 valence electrons. The molecule has 0 aliphatic heterocycles. The van der Waals surface area contributed by atoms with Crippen molar-refractivity contribution in [3.8, 4) is 11.4 Å². The lowest BCUT2D eigenvalue weighted by Gasteiger charge is -2.11. The number of para-hydroxylation sites is 3. The fourth-order valence-corrected chi connectivity index (χ4v) is 3.32. The minimum absolute atomic E-state index is 0.0597. The zero-order chi connectivity index (χ0) is 19.5. The molecule has 0 bridgehead atoms. The van der Waals surface area contributed by atoms with Gasteiger partial charge in [0.2, 0.25) is 0 Å². The Labute approximate surface area is 160 Å². The number of hydrogen-bond acceptors (Lipinski definition) is 5. The van der Waals surface area contributed by atoms with Crippen molar-refractivity contribution in [2.24, 2.45) is 0 Å². The highest BCUT2D eigenvalue weighted by atomic mass is 16.6. The van der Waals surface area contributed by atoms with Crippen LogP contribution >= 0.6 is 0 Å². The third kappa shape index (κ3) is 3.44. The zero-order valence-corrected chi connectivity index (χ0v) is 15.0. The number of benzene rings is 2. The maximum absolute atomic E-state index is 12.5. The van der Waals surface area contributed by atoms with E-state index in [1.54, 1.807) is 16.8 Å². The minimum atomic E-state index is -0.537. The van der Waals surface area contributed by atoms with Crippen molar-refractivity contribution in [3.05, 3.63) is 76.0 Å². The van der Waals surface area contributed by atoms with E-state index in [9.17, 15) is 14.9 Å². The van der Waals surface area contributed by atoms with Gasteiger partial charge in [0.1, 0.15) is 5.82 Å². The Balaban J connectivity index is 1.53. The lowest BCUT2D eigenvalue weighted by molar-refractivity contribution is -0.385. The molecule has 8 nitrogen and oxygen atoms in total. The molecule has 8 heteroatoms. The van der Waals surface area contributed by atoms with Crippen LogP contribution in [0.2, 0.25) is 0 Å². The number of carbonyl (C=O) groups excluding carboxylic acids is 1. The van der Waals surface area contributed by atoms with Crippen LogP contribution in [0.15, 0.2) is 54.6 Å². The van der Waals surface area contributed by atoms with Crippen LogP contribution in [0.4, 0.5) is 11.5 Å². The van der Waals surface area contributed by atoms with Gasteiger partial charge >= 0.3 is 5.69 Å². The molecular formula is C20H18N4O4. The molecule has 1 aliphatic carbocycles. The highest BCUT2D eigenvalue weighted by Gasteiger charge is 2.24. The highest BCUT2D eigenvalue weighted by molar-refractivity contribution is 5.92. The Kier molecular flexibility index (Phi) is 4.76. The van der Waals surface area contributed by atoms with Gasteiger partial charge in [-0.1, -0.05) is 30.3 Å². The Bertz CT molecular complexity index is 1030. The third-order valence-corrected chi connectivity index (χ3v) is 4.59. The van der Waals surface area contributed by atoms with Crippen molar-refractivity contribution in [1.82, 2.24) is 9.78 Å². The standard InChI is InChI=1S/C20H18N4O4/c25-19(13-28-18-12-5-4-11-17(18)24(26)27)21-20-15-9-6-10-16(15)22-23(20)14-7-2-1-3-8-14/h1-5,7-8,11-12H,6,9-10,13H2,(H,21,25). The number of anilines is 1. The van der Waals surface area contributed by atoms with Crippen LogP contribution in [0.25, 0.3) is 5.69 Å². The number of amides is 1. The Morgan fingerprint density at radius 1 is 1.14 bits per heavy atom. The molecule has 0 spiro atoms. The lowest BCUT2D eigenvalue weighted by atomic mass is 10.2. The first-order valence-electron chi connectivity index (χ1n) is 8.96. The van der Waals surface area contributed by atoms with Gasteiger partial charge in [0.05, 0.1) is 16.3 Å². The number of ether oxygens (including phenoxy) is 1. The van der Waals surface area contributed by atoms with Crippen LogP contribution in [0, 0.1) is 10.1 Å². The molecule has 2 aromatic carbocycles. The topological polar surface area (TPSA) is 99.3 Å². The molecule has 0 saturated heterocycles. The van der Waals surface area contributed by atoms with Crippen molar-refractivity contribution in [2.75, 3.05) is 11.9 Å². The average Bonchev–Trinajstić information content (AvgIpc) is 3.30. The molecule has 0 saturated carbocycles. The monoisotopic (exact) mass is 378 g/mol. The van der Waals surface area contributed by atoms with E-state index in [0.717, 1.165) is 36.2 Å². The number of nitrogens with zero attached hydrogens (tertiary/aromatic N) is 3. The van der Waals surface area contributed by atoms with E-state index in [1.807, 2.05) is 30.3 Å². The van der Waals surface area contributed by atoms with Crippen LogP contribution in [0.5, 0.6) is 5.75 Å². The molecule has 0 radical (unpaired) electrons. The molecule has 1 aromatic heterocycles. The first kappa shape index (κ1) is 17.7. The van der Waals surface area contributed by atoms with Crippen molar-refractivity contribution in [1.29, 1.82) is 0 Å². The molecule has 0 unspecified atom stereocenters. The van der Waals surface area contributed by atoms with Gasteiger partial charge in [0, 0.05) is 11.6 Å². The van der Waals surface area contributed by atoms with E-state index >= 15 is 0 Å². The first-order chi connectivity index (χ1) is 13.6. The Morgan fingerprint density at radius 3 is 2.68 bits per heavy atom. The Morgan fingerprint density at radius 2 is 1.89 bits per heavy atom. The van der Waals surface area contributed by atoms with Crippen molar-refractivity contribution < 1.29 is 14.5 Å². The van der Waals surface area contributed by atoms with Crippen LogP contribution in [0.1, 0.15) is 17.7 Å². The number of nitro benzene ring substituents is 1. The molecule has 1 amide bonds. The van der Waals surface area contributed by atoms with Gasteiger partial charge in [0.25, 0.3) is 5.91 Å². The normalized spacial score (nSPS) is 12.4. The second kappa shape index (κ2) is 7.51. The molecule has 3 aromatic rings. The van der Waals surface area contributed by atoms with Crippen LogP contribution in [-0.4, -0.2) is 27.2 Å². The van der Waals surface area contributed by atoms with Gasteiger partial charge in [-0.25, -0.2) is 4.68 Å². The maximum Gasteiger partial charge on any atom is 0.310 e. The maximum atomic E-state index is 12.5. The van der Waals surface area contributed by atoms with Crippen molar-refractivity contribution in [2.45, 2.75) is 19.3 Å². The number of carbonyl (C=O) groups is 1. The van der Waals surface area contributed by atoms with E-state index in [1.165, 1.54) is 12.1 Å². The number of rotatable bonds is 6. The van der Waals surface area contributed by atoms with Crippen molar-refractivity contribution >= 4 is 17.4 Å². The first-order valence-corrected chi connectivity index (χ1v) is 8.96. The summed E-state index contributed by atoms with van der Waals surface area (Å²) in [6.45, 7) is -0.334. The molecule has 0 fully saturated rings. The summed E-state index contributed by atoms with van der Waals surface area (Å²) >= 11 is 0. The summed E-state index contributed by atoms with van der Waals surface area (Å²) in [6, 6.07) is 15.5. The summed E-state index contributed by atoms with van der Waals surface area (Å²) in [5.74, 6) is 0.296. The quantitative estimate of drug-likeness (QED) is 0.524. The summed E-state index contributed by atoms with van der Waals surface area (Å²) in [7, 11) is 0. The van der Waals surface area contributed by atoms with Gasteiger partial charge in [-0.05, 0) is 37.5 Å². The van der Waals surface area contributed by atoms with E-state index in [4.69, 9.17) is 4.74 Å². The predicted octanol–water partition coefficient (Wildman–Crippen LogP) is 3.29. The van der Waals surface area contributed by atoms with Gasteiger partial charge in [-0.2, -0.15) is 5.10 Å². The third-order valence-electron chi connectivity index (χ3n) is 4.59. The van der Waals surface area contributed by atoms with Gasteiger partial charge in [-0.15, -0.1) is 0 Å². The van der Waals surface area contributed by atoms with E-state index in [-0.39, 0.29) is 18.0 Å². The van der Waals surface area contributed by atoms with Crippen LogP contribution in [-0.2, 0) is 17.6 Å². The second-order valence-electron chi connectivity index (χ2n) is 6.44. The SMILES string of the molecule is O=C(COc1ccccc1[N+](=O)[O-])Nc1c2c(nn1-c1ccccc1)CCC2. The smallest absolute Gasteiger partial charge is 0.310 e. The number of hydrogen-bond donors (Lipinski definition) is 1. The summed E-state index contributed by atoms with van der Waals surface area (Å²) in [6.07, 6.45) is 2.73. The molecule has 1 N–H and O–H groups in total. The second-order valence-corrected chi connectivity index (χ2v) is 6.44.